The zero-order valence-corrected chi connectivity index (χ0v) is 16.0. The molecule has 3 rings (SSSR count). The first kappa shape index (κ1) is 18.3. The Morgan fingerprint density at radius 2 is 1.92 bits per heavy atom. The average molecular weight is 420 g/mol. The van der Waals surface area contributed by atoms with E-state index in [1.807, 2.05) is 24.3 Å². The van der Waals surface area contributed by atoms with Gasteiger partial charge in [0.05, 0.1) is 31.0 Å². The lowest BCUT2D eigenvalue weighted by atomic mass is 9.97. The highest BCUT2D eigenvalue weighted by atomic mass is 79.9. The Kier molecular flexibility index (Phi) is 5.46. The molecule has 0 saturated carbocycles. The Morgan fingerprint density at radius 1 is 1.15 bits per heavy atom. The van der Waals surface area contributed by atoms with Crippen molar-refractivity contribution < 1.29 is 23.8 Å². The highest BCUT2D eigenvalue weighted by Crippen LogP contribution is 2.38. The van der Waals surface area contributed by atoms with Crippen molar-refractivity contribution in [3.63, 3.8) is 0 Å². The molecule has 1 unspecified atom stereocenters. The van der Waals surface area contributed by atoms with Gasteiger partial charge in [0.1, 0.15) is 6.61 Å². The molecule has 2 aromatic carbocycles. The summed E-state index contributed by atoms with van der Waals surface area (Å²) in [5, 5.41) is 2.78. The fraction of sp³-hybridized carbons (Fsp3) is 0.263. The van der Waals surface area contributed by atoms with Crippen LogP contribution in [0, 0.1) is 0 Å². The van der Waals surface area contributed by atoms with Crippen molar-refractivity contribution in [2.75, 3.05) is 19.5 Å². The van der Waals surface area contributed by atoms with Gasteiger partial charge in [-0.15, -0.1) is 0 Å². The third kappa shape index (κ3) is 3.53. The Hall–Kier alpha value is -2.54. The molecule has 7 heteroatoms. The van der Waals surface area contributed by atoms with Gasteiger partial charge in [-0.1, -0.05) is 24.3 Å². The first-order chi connectivity index (χ1) is 12.5. The van der Waals surface area contributed by atoms with Crippen molar-refractivity contribution >= 4 is 33.5 Å². The Bertz CT molecular complexity index is 852. The standard InChI is InChI=1S/C19H18BrNO5/c1-24-15-8-7-11(17(20)18(15)25-2)10-26-16(22)9-13-12-5-3-4-6-14(12)21-19(13)23/h3-8,13H,9-10H2,1-2H3,(H,21,23). The summed E-state index contributed by atoms with van der Waals surface area (Å²) in [7, 11) is 3.09. The van der Waals surface area contributed by atoms with E-state index < -0.39 is 11.9 Å². The van der Waals surface area contributed by atoms with Gasteiger partial charge in [-0.3, -0.25) is 9.59 Å². The molecule has 6 nitrogen and oxygen atoms in total. The Labute approximate surface area is 159 Å². The van der Waals surface area contributed by atoms with Gasteiger partial charge in [0, 0.05) is 11.3 Å². The first-order valence-corrected chi connectivity index (χ1v) is 8.79. The van der Waals surface area contributed by atoms with Gasteiger partial charge >= 0.3 is 5.97 Å². The van der Waals surface area contributed by atoms with E-state index in [0.29, 0.717) is 16.0 Å². The van der Waals surface area contributed by atoms with Crippen LogP contribution in [0.5, 0.6) is 11.5 Å². The number of benzene rings is 2. The molecule has 1 aliphatic heterocycles. The zero-order chi connectivity index (χ0) is 18.7. The molecule has 0 aromatic heterocycles. The number of esters is 1. The van der Waals surface area contributed by atoms with Gasteiger partial charge in [-0.2, -0.15) is 0 Å². The normalized spacial score (nSPS) is 15.2. The van der Waals surface area contributed by atoms with E-state index in [2.05, 4.69) is 21.2 Å². The topological polar surface area (TPSA) is 73.9 Å². The molecule has 1 atom stereocenters. The molecule has 136 valence electrons. The average Bonchev–Trinajstić information content (AvgIpc) is 2.96. The van der Waals surface area contributed by atoms with Crippen LogP contribution >= 0.6 is 15.9 Å². The number of carbonyl (C=O) groups is 2. The maximum absolute atomic E-state index is 12.2. The minimum atomic E-state index is -0.521. The monoisotopic (exact) mass is 419 g/mol. The molecule has 1 amide bonds. The third-order valence-corrected chi connectivity index (χ3v) is 5.10. The summed E-state index contributed by atoms with van der Waals surface area (Å²) in [6.07, 6.45) is -0.00620. The SMILES string of the molecule is COc1ccc(COC(=O)CC2C(=O)Nc3ccccc32)c(Br)c1OC. The minimum Gasteiger partial charge on any atom is -0.493 e. The summed E-state index contributed by atoms with van der Waals surface area (Å²) < 4.78 is 16.6. The van der Waals surface area contributed by atoms with Crippen LogP contribution in [0.15, 0.2) is 40.9 Å². The zero-order valence-electron chi connectivity index (χ0n) is 14.4. The van der Waals surface area contributed by atoms with Crippen LogP contribution in [0.3, 0.4) is 0 Å². The van der Waals surface area contributed by atoms with Gasteiger partial charge in [0.2, 0.25) is 5.91 Å². The van der Waals surface area contributed by atoms with Crippen LogP contribution in [0.25, 0.3) is 0 Å². The number of nitrogens with one attached hydrogen (secondary N) is 1. The van der Waals surface area contributed by atoms with Gasteiger partial charge in [-0.25, -0.2) is 0 Å². The number of fused-ring (bicyclic) bond motifs is 1. The van der Waals surface area contributed by atoms with E-state index in [1.54, 1.807) is 19.2 Å². The molecule has 1 N–H and O–H groups in total. The van der Waals surface area contributed by atoms with E-state index in [0.717, 1.165) is 16.8 Å². The number of hydrogen-bond donors (Lipinski definition) is 1. The second kappa shape index (κ2) is 7.78. The molecule has 0 spiro atoms. The van der Waals surface area contributed by atoms with E-state index in [1.165, 1.54) is 7.11 Å². The predicted molar refractivity (Wildman–Crippen MR) is 99.5 cm³/mol. The Balaban J connectivity index is 1.66. The van der Waals surface area contributed by atoms with Gasteiger partial charge < -0.3 is 19.5 Å². The maximum atomic E-state index is 12.2. The van der Waals surface area contributed by atoms with Crippen molar-refractivity contribution in [3.05, 3.63) is 52.0 Å². The van der Waals surface area contributed by atoms with Crippen molar-refractivity contribution in [3.8, 4) is 11.5 Å². The lowest BCUT2D eigenvalue weighted by Gasteiger charge is -2.14. The van der Waals surface area contributed by atoms with Crippen molar-refractivity contribution in [1.82, 2.24) is 0 Å². The fourth-order valence-corrected chi connectivity index (χ4v) is 3.51. The molecule has 2 aromatic rings. The molecule has 0 bridgehead atoms. The van der Waals surface area contributed by atoms with E-state index >= 15 is 0 Å². The lowest BCUT2D eigenvalue weighted by Crippen LogP contribution is -2.17. The predicted octanol–water partition coefficient (Wildman–Crippen LogP) is 3.64. The Morgan fingerprint density at radius 3 is 2.65 bits per heavy atom. The smallest absolute Gasteiger partial charge is 0.307 e. The van der Waals surface area contributed by atoms with Gasteiger partial charge in [-0.05, 0) is 33.6 Å². The number of hydrogen-bond acceptors (Lipinski definition) is 5. The molecule has 26 heavy (non-hydrogen) atoms. The summed E-state index contributed by atoms with van der Waals surface area (Å²) in [6.45, 7) is 0.0652. The van der Waals surface area contributed by atoms with E-state index in [-0.39, 0.29) is 18.9 Å². The van der Waals surface area contributed by atoms with Crippen LogP contribution in [0.4, 0.5) is 5.69 Å². The summed E-state index contributed by atoms with van der Waals surface area (Å²) >= 11 is 3.44. The van der Waals surface area contributed by atoms with E-state index in [4.69, 9.17) is 14.2 Å². The fourth-order valence-electron chi connectivity index (χ4n) is 2.90. The summed E-state index contributed by atoms with van der Waals surface area (Å²) in [6, 6.07) is 10.9. The highest BCUT2D eigenvalue weighted by Gasteiger charge is 2.32. The van der Waals surface area contributed by atoms with Crippen molar-refractivity contribution in [1.29, 1.82) is 0 Å². The third-order valence-electron chi connectivity index (χ3n) is 4.24. The van der Waals surface area contributed by atoms with Crippen LogP contribution in [-0.2, 0) is 20.9 Å². The first-order valence-electron chi connectivity index (χ1n) is 8.00. The molecular weight excluding hydrogens is 402 g/mol. The quantitative estimate of drug-likeness (QED) is 0.723. The highest BCUT2D eigenvalue weighted by molar-refractivity contribution is 9.10. The van der Waals surface area contributed by atoms with Gasteiger partial charge in [0.15, 0.2) is 11.5 Å². The minimum absolute atomic E-state index is 0.00620. The number of ether oxygens (including phenoxy) is 3. The second-order valence-electron chi connectivity index (χ2n) is 5.77. The summed E-state index contributed by atoms with van der Waals surface area (Å²) in [4.78, 5) is 24.3. The van der Waals surface area contributed by atoms with E-state index in [9.17, 15) is 9.59 Å². The lowest BCUT2D eigenvalue weighted by molar-refractivity contribution is -0.146. The summed E-state index contributed by atoms with van der Waals surface area (Å²) in [5.74, 6) is -0.0367. The number of methoxy groups -OCH3 is 2. The molecular formula is C19H18BrNO5. The largest absolute Gasteiger partial charge is 0.493 e. The van der Waals surface area contributed by atoms with Crippen LogP contribution in [0.2, 0.25) is 0 Å². The van der Waals surface area contributed by atoms with Crippen LogP contribution in [-0.4, -0.2) is 26.1 Å². The molecule has 1 aliphatic rings. The number of anilines is 1. The number of rotatable bonds is 6. The second-order valence-corrected chi connectivity index (χ2v) is 6.56. The number of para-hydroxylation sites is 1. The van der Waals surface area contributed by atoms with Crippen molar-refractivity contribution in [2.45, 2.75) is 18.9 Å². The molecule has 0 aliphatic carbocycles. The number of carbonyl (C=O) groups excluding carboxylic acids is 2. The van der Waals surface area contributed by atoms with Crippen molar-refractivity contribution in [2.24, 2.45) is 0 Å². The molecule has 0 fully saturated rings. The molecule has 1 heterocycles. The number of halogens is 1. The number of amides is 1. The maximum Gasteiger partial charge on any atom is 0.307 e. The van der Waals surface area contributed by atoms with Gasteiger partial charge in [0.25, 0.3) is 0 Å². The van der Waals surface area contributed by atoms with Crippen LogP contribution < -0.4 is 14.8 Å². The summed E-state index contributed by atoms with van der Waals surface area (Å²) in [5.41, 5.74) is 2.31. The van der Waals surface area contributed by atoms with Crippen LogP contribution in [0.1, 0.15) is 23.5 Å². The molecule has 0 radical (unpaired) electrons. The molecule has 0 saturated heterocycles.